The lowest BCUT2D eigenvalue weighted by Gasteiger charge is -2.42. The van der Waals surface area contributed by atoms with Gasteiger partial charge in [-0.25, -0.2) is 0 Å². The van der Waals surface area contributed by atoms with Gasteiger partial charge in [0.15, 0.2) is 0 Å². The van der Waals surface area contributed by atoms with E-state index in [1.807, 2.05) is 6.07 Å². The maximum absolute atomic E-state index is 4.42. The highest BCUT2D eigenvalue weighted by Crippen LogP contribution is 2.26. The Labute approximate surface area is 155 Å². The van der Waals surface area contributed by atoms with Crippen LogP contribution in [0.5, 0.6) is 0 Å². The average molecular weight is 348 g/mol. The average Bonchev–Trinajstić information content (AvgIpc) is 3.10. The lowest BCUT2D eigenvalue weighted by molar-refractivity contribution is 0.100. The van der Waals surface area contributed by atoms with Crippen LogP contribution in [0.3, 0.4) is 0 Å². The summed E-state index contributed by atoms with van der Waals surface area (Å²) in [5.41, 5.74) is 5.27. The maximum Gasteiger partial charge on any atom is 0.0924 e. The molecule has 136 valence electrons. The van der Waals surface area contributed by atoms with Gasteiger partial charge in [-0.15, -0.1) is 0 Å². The highest BCUT2D eigenvalue weighted by Gasteiger charge is 2.30. The van der Waals surface area contributed by atoms with Gasteiger partial charge in [-0.3, -0.25) is 10.00 Å². The van der Waals surface area contributed by atoms with E-state index in [1.54, 1.807) is 0 Å². The first-order chi connectivity index (χ1) is 12.5. The van der Waals surface area contributed by atoms with Crippen molar-refractivity contribution in [2.45, 2.75) is 45.3 Å². The molecule has 2 aromatic carbocycles. The molecule has 0 aliphatic carbocycles. The fourth-order valence-electron chi connectivity index (χ4n) is 3.94. The van der Waals surface area contributed by atoms with Crippen LogP contribution in [0.25, 0.3) is 10.9 Å². The van der Waals surface area contributed by atoms with Gasteiger partial charge in [0.05, 0.1) is 11.2 Å². The van der Waals surface area contributed by atoms with Crippen LogP contribution >= 0.6 is 0 Å². The molecule has 1 aliphatic rings. The van der Waals surface area contributed by atoms with Crippen molar-refractivity contribution in [3.05, 3.63) is 65.4 Å². The Morgan fingerprint density at radius 2 is 1.85 bits per heavy atom. The second-order valence-electron chi connectivity index (χ2n) is 8.01. The Morgan fingerprint density at radius 3 is 2.69 bits per heavy atom. The summed E-state index contributed by atoms with van der Waals surface area (Å²) in [6.45, 7) is 9.97. The van der Waals surface area contributed by atoms with E-state index >= 15 is 0 Å². The van der Waals surface area contributed by atoms with Crippen molar-refractivity contribution in [2.75, 3.05) is 13.1 Å². The van der Waals surface area contributed by atoms with E-state index in [9.17, 15) is 0 Å². The molecule has 1 unspecified atom stereocenters. The van der Waals surface area contributed by atoms with Crippen LogP contribution < -0.4 is 5.32 Å². The van der Waals surface area contributed by atoms with Gasteiger partial charge in [0.2, 0.25) is 0 Å². The molecule has 0 bridgehead atoms. The Morgan fingerprint density at radius 1 is 1.12 bits per heavy atom. The number of nitrogens with zero attached hydrogens (tertiary/aromatic N) is 2. The summed E-state index contributed by atoms with van der Waals surface area (Å²) in [5.74, 6) is 0. The first kappa shape index (κ1) is 17.3. The number of hydrogen-bond donors (Lipinski definition) is 2. The predicted octanol–water partition coefficient (Wildman–Crippen LogP) is 4.05. The van der Waals surface area contributed by atoms with E-state index in [2.05, 4.69) is 83.6 Å². The molecule has 0 spiro atoms. The summed E-state index contributed by atoms with van der Waals surface area (Å²) in [4.78, 5) is 2.60. The molecule has 0 saturated carbocycles. The molecule has 1 atom stereocenters. The van der Waals surface area contributed by atoms with Crippen molar-refractivity contribution < 1.29 is 0 Å². The molecule has 0 amide bonds. The van der Waals surface area contributed by atoms with Gasteiger partial charge in [-0.1, -0.05) is 42.5 Å². The third-order valence-corrected chi connectivity index (χ3v) is 5.75. The first-order valence-corrected chi connectivity index (χ1v) is 9.53. The largest absolute Gasteiger partial charge is 0.307 e. The van der Waals surface area contributed by atoms with Crippen LogP contribution in [-0.2, 0) is 13.0 Å². The second-order valence-corrected chi connectivity index (χ2v) is 8.01. The number of H-pyrrole nitrogens is 1. The van der Waals surface area contributed by atoms with E-state index in [0.717, 1.165) is 31.6 Å². The Bertz CT molecular complexity index is 896. The quantitative estimate of drug-likeness (QED) is 0.731. The molecular formula is C22H28N4. The number of aromatic nitrogens is 2. The van der Waals surface area contributed by atoms with Crippen molar-refractivity contribution in [1.29, 1.82) is 0 Å². The van der Waals surface area contributed by atoms with Crippen molar-refractivity contribution in [1.82, 2.24) is 20.4 Å². The molecule has 2 heterocycles. The molecule has 2 N–H and O–H groups in total. The van der Waals surface area contributed by atoms with Crippen LogP contribution in [0.4, 0.5) is 0 Å². The minimum Gasteiger partial charge on any atom is -0.307 e. The van der Waals surface area contributed by atoms with Gasteiger partial charge in [0.25, 0.3) is 0 Å². The van der Waals surface area contributed by atoms with Gasteiger partial charge in [-0.05, 0) is 44.4 Å². The van der Waals surface area contributed by atoms with E-state index in [-0.39, 0.29) is 11.6 Å². The normalized spacial score (nSPS) is 16.6. The van der Waals surface area contributed by atoms with Crippen LogP contribution in [-0.4, -0.2) is 33.7 Å². The molecule has 0 fully saturated rings. The minimum absolute atomic E-state index is 0.0949. The van der Waals surface area contributed by atoms with E-state index in [1.165, 1.54) is 22.2 Å². The summed E-state index contributed by atoms with van der Waals surface area (Å²) in [7, 11) is 0. The van der Waals surface area contributed by atoms with Gasteiger partial charge in [0, 0.05) is 36.6 Å². The van der Waals surface area contributed by atoms with Gasteiger partial charge in [-0.2, -0.15) is 5.10 Å². The standard InChI is InChI=1S/C22H28N4/c1-16(21-19-10-6-7-11-20(19)24-25-21)23-15-22(2,3)26-13-12-17-8-4-5-9-18(17)14-26/h4-11,16,23H,12-15H2,1-3H3,(H,24,25). The van der Waals surface area contributed by atoms with E-state index in [4.69, 9.17) is 0 Å². The third-order valence-electron chi connectivity index (χ3n) is 5.75. The summed E-state index contributed by atoms with van der Waals surface area (Å²) in [6, 6.07) is 17.4. The highest BCUT2D eigenvalue weighted by molar-refractivity contribution is 5.81. The fourth-order valence-corrected chi connectivity index (χ4v) is 3.94. The molecule has 1 aliphatic heterocycles. The molecule has 4 rings (SSSR count). The monoisotopic (exact) mass is 348 g/mol. The Kier molecular flexibility index (Phi) is 4.55. The smallest absolute Gasteiger partial charge is 0.0924 e. The number of benzene rings is 2. The van der Waals surface area contributed by atoms with Crippen LogP contribution in [0, 0.1) is 0 Å². The van der Waals surface area contributed by atoms with Crippen molar-refractivity contribution in [2.24, 2.45) is 0 Å². The predicted molar refractivity (Wildman–Crippen MR) is 107 cm³/mol. The second kappa shape index (κ2) is 6.86. The molecule has 4 nitrogen and oxygen atoms in total. The zero-order valence-electron chi connectivity index (χ0n) is 15.9. The van der Waals surface area contributed by atoms with Crippen molar-refractivity contribution in [3.63, 3.8) is 0 Å². The Balaban J connectivity index is 1.43. The fraction of sp³-hybridized carbons (Fsp3) is 0.409. The minimum atomic E-state index is 0.0949. The van der Waals surface area contributed by atoms with Crippen LogP contribution in [0.2, 0.25) is 0 Å². The zero-order valence-corrected chi connectivity index (χ0v) is 15.9. The number of para-hydroxylation sites is 1. The summed E-state index contributed by atoms with van der Waals surface area (Å²) in [5, 5.41) is 12.6. The molecule has 0 saturated heterocycles. The molecule has 0 radical (unpaired) electrons. The lowest BCUT2D eigenvalue weighted by atomic mass is 9.93. The summed E-state index contributed by atoms with van der Waals surface area (Å²) < 4.78 is 0. The number of aromatic amines is 1. The first-order valence-electron chi connectivity index (χ1n) is 9.53. The lowest BCUT2D eigenvalue weighted by Crippen LogP contribution is -2.52. The van der Waals surface area contributed by atoms with E-state index < -0.39 is 0 Å². The Hall–Kier alpha value is -2.17. The number of hydrogen-bond acceptors (Lipinski definition) is 3. The SMILES string of the molecule is CC(NCC(C)(C)N1CCc2ccccc2C1)c1[nH]nc2ccccc12. The van der Waals surface area contributed by atoms with Crippen molar-refractivity contribution >= 4 is 10.9 Å². The number of rotatable bonds is 5. The summed E-state index contributed by atoms with van der Waals surface area (Å²) in [6.07, 6.45) is 1.14. The third kappa shape index (κ3) is 3.27. The van der Waals surface area contributed by atoms with Crippen LogP contribution in [0.15, 0.2) is 48.5 Å². The van der Waals surface area contributed by atoms with Gasteiger partial charge < -0.3 is 5.32 Å². The summed E-state index contributed by atoms with van der Waals surface area (Å²) >= 11 is 0. The molecular weight excluding hydrogens is 320 g/mol. The van der Waals surface area contributed by atoms with Gasteiger partial charge >= 0.3 is 0 Å². The topological polar surface area (TPSA) is 44.0 Å². The zero-order chi connectivity index (χ0) is 18.1. The molecule has 4 heteroatoms. The molecule has 3 aromatic rings. The van der Waals surface area contributed by atoms with E-state index in [0.29, 0.717) is 0 Å². The number of nitrogens with one attached hydrogen (secondary N) is 2. The maximum atomic E-state index is 4.42. The number of fused-ring (bicyclic) bond motifs is 2. The van der Waals surface area contributed by atoms with Crippen LogP contribution in [0.1, 0.15) is 43.6 Å². The highest BCUT2D eigenvalue weighted by atomic mass is 15.2. The molecule has 1 aromatic heterocycles. The van der Waals surface area contributed by atoms with Crippen molar-refractivity contribution in [3.8, 4) is 0 Å². The van der Waals surface area contributed by atoms with Gasteiger partial charge in [0.1, 0.15) is 0 Å². The molecule has 26 heavy (non-hydrogen) atoms.